The fraction of sp³-hybridized carbons (Fsp3) is 0.385. The minimum atomic E-state index is -0.156. The lowest BCUT2D eigenvalue weighted by atomic mass is 10.3. The molecule has 0 aromatic carbocycles. The number of hydrogen-bond donors (Lipinski definition) is 1. The first kappa shape index (κ1) is 13.7. The van der Waals surface area contributed by atoms with Crippen molar-refractivity contribution in [1.82, 2.24) is 14.3 Å². The Bertz CT molecular complexity index is 638. The van der Waals surface area contributed by atoms with Crippen molar-refractivity contribution in [3.8, 4) is 5.82 Å². The summed E-state index contributed by atoms with van der Waals surface area (Å²) in [4.78, 5) is 12.4. The summed E-state index contributed by atoms with van der Waals surface area (Å²) in [6.45, 7) is 5.87. The maximum absolute atomic E-state index is 12.4. The van der Waals surface area contributed by atoms with Gasteiger partial charge in [-0.15, -0.1) is 0 Å². The summed E-state index contributed by atoms with van der Waals surface area (Å²) in [6, 6.07) is 3.64. The number of nitrogens with one attached hydrogen (secondary N) is 1. The molecule has 1 N–H and O–H groups in total. The minimum Gasteiger partial charge on any atom is -0.378 e. The molecule has 0 bridgehead atoms. The zero-order valence-corrected chi connectivity index (χ0v) is 12.2. The second kappa shape index (κ2) is 5.09. The third-order valence-corrected chi connectivity index (χ3v) is 2.98. The number of nitrogens with zero attached hydrogens (tertiary/aromatic N) is 3. The van der Waals surface area contributed by atoms with E-state index in [2.05, 4.69) is 10.4 Å². The largest absolute Gasteiger partial charge is 0.378 e. The lowest BCUT2D eigenvalue weighted by Gasteiger charge is -2.11. The predicted molar refractivity (Wildman–Crippen MR) is 77.3 cm³/mol. The van der Waals surface area contributed by atoms with E-state index in [0.717, 1.165) is 5.69 Å². The van der Waals surface area contributed by atoms with Gasteiger partial charge in [-0.3, -0.25) is 14.0 Å². The van der Waals surface area contributed by atoms with E-state index in [1.54, 1.807) is 16.9 Å². The van der Waals surface area contributed by atoms with Gasteiger partial charge in [0.1, 0.15) is 5.69 Å². The lowest BCUT2D eigenvalue weighted by Crippen LogP contribution is -2.24. The molecule has 0 aliphatic rings. The van der Waals surface area contributed by atoms with Crippen LogP contribution in [-0.4, -0.2) is 20.4 Å². The Hall–Kier alpha value is -1.75. The van der Waals surface area contributed by atoms with Crippen molar-refractivity contribution in [2.24, 2.45) is 7.05 Å². The fourth-order valence-corrected chi connectivity index (χ4v) is 2.00. The standard InChI is InChI=1S/C13H17ClN4O/c1-8(2)15-11-6-10(14)7-18(13(11)19)12-5-9(3)17(4)16-12/h5-8,15H,1-4H3. The molecule has 6 heteroatoms. The Kier molecular flexibility index (Phi) is 3.66. The molecular formula is C13H17ClN4O. The van der Waals surface area contributed by atoms with Crippen LogP contribution in [0.5, 0.6) is 0 Å². The van der Waals surface area contributed by atoms with Crippen LogP contribution in [0.4, 0.5) is 5.69 Å². The highest BCUT2D eigenvalue weighted by atomic mass is 35.5. The molecule has 0 saturated carbocycles. The van der Waals surface area contributed by atoms with Gasteiger partial charge in [0.25, 0.3) is 5.56 Å². The Morgan fingerprint density at radius 3 is 2.58 bits per heavy atom. The van der Waals surface area contributed by atoms with E-state index < -0.39 is 0 Å². The number of anilines is 1. The molecule has 0 atom stereocenters. The van der Waals surface area contributed by atoms with Crippen molar-refractivity contribution in [2.75, 3.05) is 5.32 Å². The first-order chi connectivity index (χ1) is 8.88. The summed E-state index contributed by atoms with van der Waals surface area (Å²) in [6.07, 6.45) is 1.58. The molecule has 2 heterocycles. The second-order valence-electron chi connectivity index (χ2n) is 4.81. The molecule has 0 aliphatic carbocycles. The van der Waals surface area contributed by atoms with E-state index in [4.69, 9.17) is 11.6 Å². The molecule has 0 amide bonds. The third kappa shape index (κ3) is 2.81. The second-order valence-corrected chi connectivity index (χ2v) is 5.25. The number of aryl methyl sites for hydroxylation is 2. The average Bonchev–Trinajstić information content (AvgIpc) is 2.63. The molecular weight excluding hydrogens is 264 g/mol. The van der Waals surface area contributed by atoms with Crippen LogP contribution in [-0.2, 0) is 7.05 Å². The molecule has 2 aromatic rings. The van der Waals surface area contributed by atoms with Crippen LogP contribution in [0.15, 0.2) is 23.1 Å². The SMILES string of the molecule is Cc1cc(-n2cc(Cl)cc(NC(C)C)c2=O)nn1C. The number of halogens is 1. The van der Waals surface area contributed by atoms with Crippen LogP contribution in [0.25, 0.3) is 5.82 Å². The molecule has 0 unspecified atom stereocenters. The maximum Gasteiger partial charge on any atom is 0.279 e. The summed E-state index contributed by atoms with van der Waals surface area (Å²) in [5.41, 5.74) is 1.29. The van der Waals surface area contributed by atoms with Crippen molar-refractivity contribution in [3.63, 3.8) is 0 Å². The Morgan fingerprint density at radius 2 is 2.05 bits per heavy atom. The topological polar surface area (TPSA) is 51.9 Å². The van der Waals surface area contributed by atoms with Gasteiger partial charge in [0.05, 0.1) is 5.02 Å². The van der Waals surface area contributed by atoms with Gasteiger partial charge in [-0.1, -0.05) is 11.6 Å². The first-order valence-electron chi connectivity index (χ1n) is 6.08. The van der Waals surface area contributed by atoms with Crippen molar-refractivity contribution < 1.29 is 0 Å². The molecule has 2 aromatic heterocycles. The van der Waals surface area contributed by atoms with Gasteiger partial charge in [-0.2, -0.15) is 5.10 Å². The summed E-state index contributed by atoms with van der Waals surface area (Å²) in [7, 11) is 1.84. The van der Waals surface area contributed by atoms with E-state index >= 15 is 0 Å². The highest BCUT2D eigenvalue weighted by molar-refractivity contribution is 6.30. The molecule has 19 heavy (non-hydrogen) atoms. The van der Waals surface area contributed by atoms with Gasteiger partial charge < -0.3 is 5.32 Å². The molecule has 0 radical (unpaired) electrons. The van der Waals surface area contributed by atoms with E-state index in [1.165, 1.54) is 4.57 Å². The van der Waals surface area contributed by atoms with Crippen LogP contribution in [0.2, 0.25) is 5.02 Å². The van der Waals surface area contributed by atoms with Gasteiger partial charge in [-0.05, 0) is 26.8 Å². The van der Waals surface area contributed by atoms with E-state index in [-0.39, 0.29) is 11.6 Å². The Morgan fingerprint density at radius 1 is 1.37 bits per heavy atom. The highest BCUT2D eigenvalue weighted by Gasteiger charge is 2.11. The molecule has 0 fully saturated rings. The van der Waals surface area contributed by atoms with Crippen LogP contribution in [0.3, 0.4) is 0 Å². The predicted octanol–water partition coefficient (Wildman–Crippen LogP) is 2.35. The van der Waals surface area contributed by atoms with Gasteiger partial charge in [0.15, 0.2) is 5.82 Å². The summed E-state index contributed by atoms with van der Waals surface area (Å²) in [5.74, 6) is 0.569. The summed E-state index contributed by atoms with van der Waals surface area (Å²) >= 11 is 6.07. The molecule has 102 valence electrons. The van der Waals surface area contributed by atoms with Crippen molar-refractivity contribution in [3.05, 3.63) is 39.4 Å². The molecule has 0 saturated heterocycles. The van der Waals surface area contributed by atoms with Crippen LogP contribution in [0, 0.1) is 6.92 Å². The number of aromatic nitrogens is 3. The third-order valence-electron chi connectivity index (χ3n) is 2.78. The average molecular weight is 281 g/mol. The van der Waals surface area contributed by atoms with Crippen molar-refractivity contribution in [2.45, 2.75) is 26.8 Å². The van der Waals surface area contributed by atoms with Crippen LogP contribution >= 0.6 is 11.6 Å². The lowest BCUT2D eigenvalue weighted by molar-refractivity contribution is 0.724. The van der Waals surface area contributed by atoms with Crippen molar-refractivity contribution >= 4 is 17.3 Å². The van der Waals surface area contributed by atoms with Gasteiger partial charge in [-0.25, -0.2) is 0 Å². The number of rotatable bonds is 3. The van der Waals surface area contributed by atoms with Crippen LogP contribution in [0.1, 0.15) is 19.5 Å². The van der Waals surface area contributed by atoms with E-state index in [1.807, 2.05) is 33.9 Å². The molecule has 0 spiro atoms. The normalized spacial score (nSPS) is 11.1. The molecule has 2 rings (SSSR count). The van der Waals surface area contributed by atoms with Crippen LogP contribution < -0.4 is 10.9 Å². The Balaban J connectivity index is 2.57. The summed E-state index contributed by atoms with van der Waals surface area (Å²) in [5, 5.41) is 7.88. The molecule has 5 nitrogen and oxygen atoms in total. The quantitative estimate of drug-likeness (QED) is 0.939. The zero-order chi connectivity index (χ0) is 14.2. The van der Waals surface area contributed by atoms with Gasteiger partial charge in [0, 0.05) is 31.0 Å². The fourth-order valence-electron chi connectivity index (χ4n) is 1.79. The smallest absolute Gasteiger partial charge is 0.279 e. The summed E-state index contributed by atoms with van der Waals surface area (Å²) < 4.78 is 3.18. The monoisotopic (exact) mass is 280 g/mol. The van der Waals surface area contributed by atoms with Gasteiger partial charge >= 0.3 is 0 Å². The highest BCUT2D eigenvalue weighted by Crippen LogP contribution is 2.15. The maximum atomic E-state index is 12.4. The zero-order valence-electron chi connectivity index (χ0n) is 11.4. The minimum absolute atomic E-state index is 0.156. The van der Waals surface area contributed by atoms with Crippen molar-refractivity contribution in [1.29, 1.82) is 0 Å². The number of hydrogen-bond acceptors (Lipinski definition) is 3. The van der Waals surface area contributed by atoms with Gasteiger partial charge in [0.2, 0.25) is 0 Å². The van der Waals surface area contributed by atoms with E-state index in [9.17, 15) is 4.79 Å². The number of pyridine rings is 1. The van der Waals surface area contributed by atoms with E-state index in [0.29, 0.717) is 16.5 Å². The molecule has 0 aliphatic heterocycles. The first-order valence-corrected chi connectivity index (χ1v) is 6.46. The Labute approximate surface area is 116 Å².